The smallest absolute Gasteiger partial charge is 0.282 e. The molecule has 0 aromatic rings. The summed E-state index contributed by atoms with van der Waals surface area (Å²) in [5.41, 5.74) is 0. The molecule has 0 aromatic carbocycles. The molecular formula is C9H16N2O3S. The first-order valence-corrected chi connectivity index (χ1v) is 6.96. The molecule has 2 atom stereocenters. The first-order chi connectivity index (χ1) is 7.18. The molecule has 86 valence electrons. The van der Waals surface area contributed by atoms with E-state index in [9.17, 15) is 8.42 Å². The topological polar surface area (TPSA) is 49.9 Å². The molecule has 0 aromatic heterocycles. The predicted molar refractivity (Wildman–Crippen MR) is 54.6 cm³/mol. The Kier molecular flexibility index (Phi) is 2.28. The molecule has 0 aliphatic carbocycles. The lowest BCUT2D eigenvalue weighted by atomic mass is 10.3. The van der Waals surface area contributed by atoms with Gasteiger partial charge in [-0.15, -0.1) is 0 Å². The van der Waals surface area contributed by atoms with Crippen LogP contribution >= 0.6 is 0 Å². The average molecular weight is 232 g/mol. The molecule has 0 amide bonds. The third-order valence-electron chi connectivity index (χ3n) is 3.54. The van der Waals surface area contributed by atoms with Crippen LogP contribution in [0.15, 0.2) is 0 Å². The van der Waals surface area contributed by atoms with Crippen molar-refractivity contribution >= 4 is 10.2 Å². The highest BCUT2D eigenvalue weighted by atomic mass is 32.2. The molecular weight excluding hydrogens is 216 g/mol. The molecule has 6 heteroatoms. The van der Waals surface area contributed by atoms with Gasteiger partial charge in [-0.3, -0.25) is 0 Å². The summed E-state index contributed by atoms with van der Waals surface area (Å²) in [6.45, 7) is 2.52. The zero-order valence-electron chi connectivity index (χ0n) is 8.63. The maximum atomic E-state index is 12.2. The van der Waals surface area contributed by atoms with Crippen LogP contribution < -0.4 is 0 Å². The summed E-state index contributed by atoms with van der Waals surface area (Å²) in [4.78, 5) is 0. The van der Waals surface area contributed by atoms with Gasteiger partial charge < -0.3 is 4.74 Å². The molecule has 3 saturated heterocycles. The van der Waals surface area contributed by atoms with Crippen LogP contribution in [-0.4, -0.2) is 55.4 Å². The van der Waals surface area contributed by atoms with Gasteiger partial charge >= 0.3 is 0 Å². The summed E-state index contributed by atoms with van der Waals surface area (Å²) in [7, 11) is -3.18. The van der Waals surface area contributed by atoms with Crippen molar-refractivity contribution in [1.82, 2.24) is 8.61 Å². The maximum Gasteiger partial charge on any atom is 0.282 e. The lowest BCUT2D eigenvalue weighted by Gasteiger charge is -2.29. The van der Waals surface area contributed by atoms with Gasteiger partial charge in [0.2, 0.25) is 0 Å². The summed E-state index contributed by atoms with van der Waals surface area (Å²) >= 11 is 0. The van der Waals surface area contributed by atoms with E-state index in [-0.39, 0.29) is 12.1 Å². The van der Waals surface area contributed by atoms with Crippen molar-refractivity contribution < 1.29 is 13.2 Å². The number of ether oxygens (including phenoxy) is 1. The molecule has 3 aliphatic rings. The van der Waals surface area contributed by atoms with Crippen molar-refractivity contribution in [2.45, 2.75) is 31.4 Å². The third-order valence-corrected chi connectivity index (χ3v) is 5.60. The monoisotopic (exact) mass is 232 g/mol. The quantitative estimate of drug-likeness (QED) is 0.662. The van der Waals surface area contributed by atoms with E-state index in [0.717, 1.165) is 19.3 Å². The van der Waals surface area contributed by atoms with Gasteiger partial charge in [0.1, 0.15) is 0 Å². The van der Waals surface area contributed by atoms with Gasteiger partial charge in [0, 0.05) is 19.6 Å². The molecule has 5 nitrogen and oxygen atoms in total. The summed E-state index contributed by atoms with van der Waals surface area (Å²) in [5.74, 6) is 0. The largest absolute Gasteiger partial charge is 0.375 e. The molecule has 3 aliphatic heterocycles. The summed E-state index contributed by atoms with van der Waals surface area (Å²) in [5, 5.41) is 0. The van der Waals surface area contributed by atoms with Crippen LogP contribution in [0.1, 0.15) is 19.3 Å². The lowest BCUT2D eigenvalue weighted by molar-refractivity contribution is 0.0589. The van der Waals surface area contributed by atoms with Crippen molar-refractivity contribution in [3.05, 3.63) is 0 Å². The zero-order valence-corrected chi connectivity index (χ0v) is 9.45. The van der Waals surface area contributed by atoms with Crippen molar-refractivity contribution in [1.29, 1.82) is 0 Å². The highest BCUT2D eigenvalue weighted by Gasteiger charge is 2.47. The van der Waals surface area contributed by atoms with Gasteiger partial charge in [0.25, 0.3) is 10.2 Å². The van der Waals surface area contributed by atoms with E-state index in [2.05, 4.69) is 0 Å². The minimum absolute atomic E-state index is 0.0978. The normalized spacial score (nSPS) is 37.9. The van der Waals surface area contributed by atoms with E-state index in [4.69, 9.17) is 4.74 Å². The van der Waals surface area contributed by atoms with E-state index < -0.39 is 10.2 Å². The number of morpholine rings is 1. The van der Waals surface area contributed by atoms with Crippen LogP contribution in [0.3, 0.4) is 0 Å². The predicted octanol–water partition coefficient (Wildman–Crippen LogP) is -0.200. The van der Waals surface area contributed by atoms with Gasteiger partial charge in [-0.25, -0.2) is 0 Å². The minimum Gasteiger partial charge on any atom is -0.375 e. The summed E-state index contributed by atoms with van der Waals surface area (Å²) < 4.78 is 33.1. The third kappa shape index (κ3) is 1.51. The van der Waals surface area contributed by atoms with Gasteiger partial charge in [0.15, 0.2) is 0 Å². The number of nitrogens with zero attached hydrogens (tertiary/aromatic N) is 2. The maximum absolute atomic E-state index is 12.2. The van der Waals surface area contributed by atoms with Crippen LogP contribution in [-0.2, 0) is 14.9 Å². The van der Waals surface area contributed by atoms with Crippen molar-refractivity contribution in [2.75, 3.05) is 26.2 Å². The fraction of sp³-hybridized carbons (Fsp3) is 1.00. The van der Waals surface area contributed by atoms with E-state index in [1.54, 1.807) is 8.61 Å². The number of rotatable bonds is 2. The first kappa shape index (κ1) is 10.0. The molecule has 3 rings (SSSR count). The Morgan fingerprint density at radius 2 is 1.93 bits per heavy atom. The molecule has 0 saturated carbocycles. The second kappa shape index (κ2) is 3.41. The Balaban J connectivity index is 1.81. The van der Waals surface area contributed by atoms with Crippen molar-refractivity contribution in [3.63, 3.8) is 0 Å². The highest BCUT2D eigenvalue weighted by molar-refractivity contribution is 7.86. The fourth-order valence-electron chi connectivity index (χ4n) is 2.71. The number of fused-ring (bicyclic) bond motifs is 2. The molecule has 0 spiro atoms. The average Bonchev–Trinajstić information content (AvgIpc) is 2.94. The lowest BCUT2D eigenvalue weighted by Crippen LogP contribution is -2.48. The molecule has 0 radical (unpaired) electrons. The molecule has 3 heterocycles. The Morgan fingerprint density at radius 3 is 2.47 bits per heavy atom. The van der Waals surface area contributed by atoms with E-state index >= 15 is 0 Å². The number of hydrogen-bond donors (Lipinski definition) is 0. The molecule has 0 N–H and O–H groups in total. The summed E-state index contributed by atoms with van der Waals surface area (Å²) in [6.07, 6.45) is 3.02. The minimum atomic E-state index is -3.18. The van der Waals surface area contributed by atoms with Gasteiger partial charge in [-0.05, 0) is 19.3 Å². The van der Waals surface area contributed by atoms with Crippen molar-refractivity contribution in [3.8, 4) is 0 Å². The highest BCUT2D eigenvalue weighted by Crippen LogP contribution is 2.32. The van der Waals surface area contributed by atoms with E-state index in [1.165, 1.54) is 0 Å². The van der Waals surface area contributed by atoms with Crippen LogP contribution in [0.25, 0.3) is 0 Å². The molecule has 15 heavy (non-hydrogen) atoms. The summed E-state index contributed by atoms with van der Waals surface area (Å²) in [6, 6.07) is 0.0978. The van der Waals surface area contributed by atoms with Crippen LogP contribution in [0.5, 0.6) is 0 Å². The number of hydrogen-bond acceptors (Lipinski definition) is 3. The van der Waals surface area contributed by atoms with Gasteiger partial charge in [-0.1, -0.05) is 0 Å². The second-order valence-corrected chi connectivity index (χ2v) is 6.41. The van der Waals surface area contributed by atoms with Crippen LogP contribution in [0.2, 0.25) is 0 Å². The Bertz CT molecular complexity index is 350. The Labute approximate surface area is 90.2 Å². The second-order valence-electron chi connectivity index (χ2n) is 4.53. The van der Waals surface area contributed by atoms with Gasteiger partial charge in [0.05, 0.1) is 18.8 Å². The zero-order chi connectivity index (χ0) is 10.5. The van der Waals surface area contributed by atoms with E-state index in [0.29, 0.717) is 26.2 Å². The molecule has 3 fully saturated rings. The SMILES string of the molecule is O=S(=O)(N1CCCC1)N1C[C@H]2C[C@H]1CO2. The standard InChI is InChI=1S/C9H16N2O3S/c12-15(13,10-3-1-2-4-10)11-6-9-5-8(11)7-14-9/h8-9H,1-7H2/t8-,9+/m0/s1. The fourth-order valence-corrected chi connectivity index (χ4v) is 4.61. The first-order valence-electron chi connectivity index (χ1n) is 5.56. The van der Waals surface area contributed by atoms with Crippen LogP contribution in [0.4, 0.5) is 0 Å². The molecule has 0 unspecified atom stereocenters. The Hall–Kier alpha value is -0.170. The van der Waals surface area contributed by atoms with Crippen LogP contribution in [0, 0.1) is 0 Å². The van der Waals surface area contributed by atoms with E-state index in [1.807, 2.05) is 0 Å². The van der Waals surface area contributed by atoms with Crippen molar-refractivity contribution in [2.24, 2.45) is 0 Å². The van der Waals surface area contributed by atoms with Gasteiger partial charge in [-0.2, -0.15) is 17.0 Å². The Morgan fingerprint density at radius 1 is 1.20 bits per heavy atom. The molecule has 2 bridgehead atoms.